The van der Waals surface area contributed by atoms with Gasteiger partial charge in [0.1, 0.15) is 11.6 Å². The molecule has 1 amide bonds. The molecule has 0 radical (unpaired) electrons. The van der Waals surface area contributed by atoms with Crippen LogP contribution in [0.25, 0.3) is 0 Å². The summed E-state index contributed by atoms with van der Waals surface area (Å²) in [6.45, 7) is 7.92. The third-order valence-corrected chi connectivity index (χ3v) is 6.73. The van der Waals surface area contributed by atoms with E-state index in [0.29, 0.717) is 53.4 Å². The highest BCUT2D eigenvalue weighted by molar-refractivity contribution is 6.35. The van der Waals surface area contributed by atoms with Crippen LogP contribution in [0, 0.1) is 23.2 Å². The van der Waals surface area contributed by atoms with Crippen LogP contribution in [0.1, 0.15) is 26.3 Å². The second-order valence-electron chi connectivity index (χ2n) is 8.79. The third-order valence-electron chi connectivity index (χ3n) is 6.40. The van der Waals surface area contributed by atoms with Crippen molar-refractivity contribution in [1.29, 1.82) is 5.26 Å². The van der Waals surface area contributed by atoms with Crippen LogP contribution >= 0.6 is 11.6 Å². The Labute approximate surface area is 209 Å². The number of aromatic nitrogens is 3. The van der Waals surface area contributed by atoms with Gasteiger partial charge < -0.3 is 10.6 Å². The molecule has 4 rings (SSSR count). The molecule has 0 saturated carbocycles. The predicted molar refractivity (Wildman–Crippen MR) is 136 cm³/mol. The van der Waals surface area contributed by atoms with Gasteiger partial charge in [-0.05, 0) is 26.0 Å². The van der Waals surface area contributed by atoms with Crippen LogP contribution in [-0.4, -0.2) is 41.3 Å². The van der Waals surface area contributed by atoms with Gasteiger partial charge in [-0.3, -0.25) is 4.99 Å². The summed E-state index contributed by atoms with van der Waals surface area (Å²) in [4.78, 5) is 30.0. The summed E-state index contributed by atoms with van der Waals surface area (Å²) >= 11 is 6.54. The van der Waals surface area contributed by atoms with Crippen molar-refractivity contribution < 1.29 is 9.36 Å². The van der Waals surface area contributed by atoms with E-state index in [-0.39, 0.29) is 23.8 Å². The zero-order valence-electron chi connectivity index (χ0n) is 20.0. The molecule has 1 fully saturated rings. The SMILES string of the molecule is CC=CC(Cl)=C1C(=O)N(c2cccc[n+]2CC2CN(c3nc(N)ncc3C#N)C2)C=NC(C)C1C. The van der Waals surface area contributed by atoms with E-state index in [9.17, 15) is 10.1 Å². The summed E-state index contributed by atoms with van der Waals surface area (Å²) in [6, 6.07) is 7.77. The molecule has 4 heterocycles. The van der Waals surface area contributed by atoms with Gasteiger partial charge in [0, 0.05) is 31.0 Å². The highest BCUT2D eigenvalue weighted by atomic mass is 35.5. The fourth-order valence-corrected chi connectivity index (χ4v) is 4.70. The number of aliphatic imine (C=N–C) groups is 1. The molecule has 180 valence electrons. The van der Waals surface area contributed by atoms with E-state index in [2.05, 4.69) is 21.0 Å². The molecule has 1 saturated heterocycles. The highest BCUT2D eigenvalue weighted by Crippen LogP contribution is 2.30. The van der Waals surface area contributed by atoms with Gasteiger partial charge in [0.2, 0.25) is 5.95 Å². The summed E-state index contributed by atoms with van der Waals surface area (Å²) < 4.78 is 2.05. The molecule has 2 aliphatic heterocycles. The van der Waals surface area contributed by atoms with Gasteiger partial charge in [-0.2, -0.15) is 10.2 Å². The topological polar surface area (TPSA) is 115 Å². The first-order valence-electron chi connectivity index (χ1n) is 11.5. The Morgan fingerprint density at radius 2 is 2.14 bits per heavy atom. The summed E-state index contributed by atoms with van der Waals surface area (Å²) in [5.74, 6) is 1.40. The maximum Gasteiger partial charge on any atom is 0.344 e. The molecular formula is C25H28ClN8O+. The van der Waals surface area contributed by atoms with Crippen LogP contribution in [0.15, 0.2) is 58.3 Å². The van der Waals surface area contributed by atoms with Crippen molar-refractivity contribution in [3.8, 4) is 6.07 Å². The van der Waals surface area contributed by atoms with E-state index in [1.807, 2.05) is 60.7 Å². The van der Waals surface area contributed by atoms with Crippen LogP contribution in [0.2, 0.25) is 0 Å². The molecule has 0 aromatic carbocycles. The maximum absolute atomic E-state index is 13.7. The lowest BCUT2D eigenvalue weighted by Crippen LogP contribution is -2.55. The molecule has 35 heavy (non-hydrogen) atoms. The number of nitrogens with two attached hydrogens (primary N) is 1. The lowest BCUT2D eigenvalue weighted by molar-refractivity contribution is -0.690. The standard InChI is InChI=1S/C25H28ClN8O/c1-4-7-20(26)22-16(2)17(3)30-15-34(24(22)35)21-8-5-6-9-32(21)12-18-13-33(14-18)23-19(10-27)11-29-25(28)31-23/h4-9,11,15-18H,12-14H2,1-3H3,(H2,28,29,31)/q+1. The monoisotopic (exact) mass is 491 g/mol. The second-order valence-corrected chi connectivity index (χ2v) is 9.20. The van der Waals surface area contributed by atoms with Gasteiger partial charge in [-0.15, -0.1) is 4.90 Å². The lowest BCUT2D eigenvalue weighted by Gasteiger charge is -2.39. The zero-order chi connectivity index (χ0) is 25.1. The van der Waals surface area contributed by atoms with Crippen molar-refractivity contribution in [2.45, 2.75) is 33.4 Å². The van der Waals surface area contributed by atoms with Crippen molar-refractivity contribution in [2.75, 3.05) is 28.6 Å². The molecule has 2 aromatic rings. The van der Waals surface area contributed by atoms with E-state index < -0.39 is 0 Å². The van der Waals surface area contributed by atoms with Crippen molar-refractivity contribution >= 4 is 41.4 Å². The number of pyridine rings is 1. The molecule has 0 spiro atoms. The number of halogens is 1. The van der Waals surface area contributed by atoms with Crippen molar-refractivity contribution in [2.24, 2.45) is 16.8 Å². The first-order chi connectivity index (χ1) is 16.8. The van der Waals surface area contributed by atoms with Gasteiger partial charge in [0.15, 0.2) is 12.2 Å². The first kappa shape index (κ1) is 24.4. The molecule has 2 N–H and O–H groups in total. The van der Waals surface area contributed by atoms with Gasteiger partial charge in [0.05, 0.1) is 35.6 Å². The lowest BCUT2D eigenvalue weighted by atomic mass is 9.93. The fourth-order valence-electron chi connectivity index (χ4n) is 4.32. The number of hydrogen-bond acceptors (Lipinski definition) is 7. The van der Waals surface area contributed by atoms with E-state index in [4.69, 9.17) is 17.3 Å². The van der Waals surface area contributed by atoms with Crippen molar-refractivity contribution in [3.63, 3.8) is 0 Å². The average molecular weight is 492 g/mol. The predicted octanol–water partition coefficient (Wildman–Crippen LogP) is 2.82. The molecule has 9 nitrogen and oxygen atoms in total. The van der Waals surface area contributed by atoms with Crippen LogP contribution in [0.3, 0.4) is 0 Å². The van der Waals surface area contributed by atoms with Crippen LogP contribution in [0.5, 0.6) is 0 Å². The average Bonchev–Trinajstić information content (AvgIpc) is 2.92. The molecule has 2 unspecified atom stereocenters. The Hall–Kier alpha value is -3.77. The minimum absolute atomic E-state index is 0.0927. The van der Waals surface area contributed by atoms with Gasteiger partial charge in [0.25, 0.3) is 5.82 Å². The van der Waals surface area contributed by atoms with Gasteiger partial charge >= 0.3 is 5.91 Å². The molecule has 2 aliphatic rings. The van der Waals surface area contributed by atoms with E-state index in [1.54, 1.807) is 17.3 Å². The molecule has 10 heteroatoms. The Bertz CT molecular complexity index is 1260. The van der Waals surface area contributed by atoms with Crippen LogP contribution in [0.4, 0.5) is 17.6 Å². The van der Waals surface area contributed by atoms with E-state index >= 15 is 0 Å². The summed E-state index contributed by atoms with van der Waals surface area (Å²) in [5, 5.41) is 9.80. The maximum atomic E-state index is 13.7. The number of carbonyl (C=O) groups excluding carboxylic acids is 1. The summed E-state index contributed by atoms with van der Waals surface area (Å²) in [7, 11) is 0. The molecular weight excluding hydrogens is 464 g/mol. The minimum Gasteiger partial charge on any atom is -0.368 e. The summed E-state index contributed by atoms with van der Waals surface area (Å²) in [5.41, 5.74) is 6.67. The van der Waals surface area contributed by atoms with Gasteiger partial charge in [-0.25, -0.2) is 14.3 Å². The number of nitriles is 1. The van der Waals surface area contributed by atoms with Gasteiger partial charge in [-0.1, -0.05) is 30.7 Å². The number of amides is 1. The number of rotatable bonds is 5. The molecule has 0 aliphatic carbocycles. The smallest absolute Gasteiger partial charge is 0.344 e. The largest absolute Gasteiger partial charge is 0.368 e. The Balaban J connectivity index is 1.58. The molecule has 2 atom stereocenters. The second kappa shape index (κ2) is 10.2. The Kier molecular flexibility index (Phi) is 7.12. The Morgan fingerprint density at radius 1 is 1.37 bits per heavy atom. The number of carbonyl (C=O) groups is 1. The fraction of sp³-hybridized carbons (Fsp3) is 0.360. The molecule has 2 aromatic heterocycles. The van der Waals surface area contributed by atoms with E-state index in [1.165, 1.54) is 6.20 Å². The number of anilines is 3. The van der Waals surface area contributed by atoms with Crippen LogP contribution < -0.4 is 20.1 Å². The Morgan fingerprint density at radius 3 is 2.86 bits per heavy atom. The van der Waals surface area contributed by atoms with E-state index in [0.717, 1.165) is 0 Å². The number of nitrogen functional groups attached to an aromatic ring is 1. The van der Waals surface area contributed by atoms with Crippen LogP contribution in [-0.2, 0) is 11.3 Å². The highest BCUT2D eigenvalue weighted by Gasteiger charge is 2.38. The quantitative estimate of drug-likeness (QED) is 0.508. The number of hydrogen-bond donors (Lipinski definition) is 1. The number of allylic oxidation sites excluding steroid dienone is 3. The van der Waals surface area contributed by atoms with Crippen molar-refractivity contribution in [3.05, 3.63) is 58.9 Å². The molecule has 0 bridgehead atoms. The minimum atomic E-state index is -0.181. The zero-order valence-corrected chi connectivity index (χ0v) is 20.7. The first-order valence-corrected chi connectivity index (χ1v) is 11.9. The van der Waals surface area contributed by atoms with Crippen molar-refractivity contribution in [1.82, 2.24) is 9.97 Å². The normalized spacial score (nSPS) is 22.2. The third kappa shape index (κ3) is 4.88. The number of nitrogens with zero attached hydrogens (tertiary/aromatic N) is 7. The summed E-state index contributed by atoms with van der Waals surface area (Å²) in [6.07, 6.45) is 8.59.